The number of ether oxygens (including phenoxy) is 1. The van der Waals surface area contributed by atoms with E-state index in [1.807, 2.05) is 31.3 Å². The molecule has 126 valence electrons. The molecule has 0 aliphatic carbocycles. The number of aryl methyl sites for hydroxylation is 1. The van der Waals surface area contributed by atoms with Gasteiger partial charge in [-0.25, -0.2) is 4.98 Å². The zero-order chi connectivity index (χ0) is 16.5. The third-order valence-electron chi connectivity index (χ3n) is 4.10. The molecule has 3 heterocycles. The van der Waals surface area contributed by atoms with Gasteiger partial charge in [-0.15, -0.1) is 11.3 Å². The maximum Gasteiger partial charge on any atom is 0.271 e. The van der Waals surface area contributed by atoms with Gasteiger partial charge < -0.3 is 15.4 Å². The Morgan fingerprint density at radius 2 is 2.08 bits per heavy atom. The smallest absolute Gasteiger partial charge is 0.271 e. The van der Waals surface area contributed by atoms with Gasteiger partial charge in [0.2, 0.25) is 0 Å². The summed E-state index contributed by atoms with van der Waals surface area (Å²) in [5, 5.41) is 14.0. The Bertz CT molecular complexity index is 899. The predicted octanol–water partition coefficient (Wildman–Crippen LogP) is 2.30. The first-order valence-electron chi connectivity index (χ1n) is 7.91. The van der Waals surface area contributed by atoms with E-state index < -0.39 is 0 Å². The van der Waals surface area contributed by atoms with Crippen molar-refractivity contribution in [2.45, 2.75) is 25.4 Å². The van der Waals surface area contributed by atoms with E-state index in [1.54, 1.807) is 11.3 Å². The number of H-pyrrole nitrogens is 2. The van der Waals surface area contributed by atoms with Crippen molar-refractivity contribution in [3.8, 4) is 0 Å². The minimum atomic E-state index is -0.0967. The van der Waals surface area contributed by atoms with E-state index in [4.69, 9.17) is 4.74 Å². The van der Waals surface area contributed by atoms with Crippen molar-refractivity contribution in [1.29, 1.82) is 0 Å². The number of nitrogens with zero attached hydrogens (tertiary/aromatic N) is 1. The molecular weight excluding hydrogens is 326 g/mol. The lowest BCUT2D eigenvalue weighted by molar-refractivity contribution is 0.0785. The zero-order valence-electron chi connectivity index (χ0n) is 13.3. The largest absolute Gasteiger partial charge is 0.380 e. The summed E-state index contributed by atoms with van der Waals surface area (Å²) in [5.41, 5.74) is 1.67. The van der Waals surface area contributed by atoms with E-state index in [-0.39, 0.29) is 17.6 Å². The highest BCUT2D eigenvalue weighted by Gasteiger charge is 2.23. The molecule has 0 radical (unpaired) electrons. The Hall–Kier alpha value is -2.32. The number of fused-ring (bicyclic) bond motifs is 1. The Morgan fingerprint density at radius 3 is 2.88 bits per heavy atom. The van der Waals surface area contributed by atoms with Gasteiger partial charge in [0, 0.05) is 16.8 Å². The minimum Gasteiger partial charge on any atom is -0.380 e. The molecule has 8 heteroatoms. The van der Waals surface area contributed by atoms with Gasteiger partial charge >= 0.3 is 0 Å². The lowest BCUT2D eigenvalue weighted by atomic mass is 10.1. The molecule has 3 aromatic rings. The fourth-order valence-corrected chi connectivity index (χ4v) is 3.73. The van der Waals surface area contributed by atoms with Crippen LogP contribution < -0.4 is 16.2 Å². The number of aromatic nitrogens is 3. The van der Waals surface area contributed by atoms with Gasteiger partial charge in [-0.2, -0.15) is 0 Å². The molecule has 1 aliphatic heterocycles. The van der Waals surface area contributed by atoms with Crippen LogP contribution in [0.15, 0.2) is 29.2 Å². The van der Waals surface area contributed by atoms with E-state index in [2.05, 4.69) is 25.8 Å². The van der Waals surface area contributed by atoms with Gasteiger partial charge in [0.15, 0.2) is 5.13 Å². The molecule has 2 aromatic heterocycles. The first kappa shape index (κ1) is 15.2. The van der Waals surface area contributed by atoms with Crippen molar-refractivity contribution in [3.63, 3.8) is 0 Å². The molecule has 1 aliphatic rings. The van der Waals surface area contributed by atoms with Gasteiger partial charge in [-0.3, -0.25) is 15.0 Å². The van der Waals surface area contributed by atoms with Crippen molar-refractivity contribution in [2.75, 3.05) is 23.8 Å². The number of hydrogen-bond donors (Lipinski definition) is 4. The maximum atomic E-state index is 11.6. The molecule has 24 heavy (non-hydrogen) atoms. The summed E-state index contributed by atoms with van der Waals surface area (Å²) in [6.07, 6.45) is 2.82. The second-order valence-electron chi connectivity index (χ2n) is 6.07. The fraction of sp³-hybridized carbons (Fsp3) is 0.375. The number of anilines is 2. The van der Waals surface area contributed by atoms with Gasteiger partial charge in [0.1, 0.15) is 0 Å². The fourth-order valence-electron chi connectivity index (χ4n) is 2.99. The van der Waals surface area contributed by atoms with Gasteiger partial charge in [-0.05, 0) is 31.5 Å². The zero-order valence-corrected chi connectivity index (χ0v) is 14.1. The van der Waals surface area contributed by atoms with E-state index in [0.29, 0.717) is 18.6 Å². The average molecular weight is 345 g/mol. The SMILES string of the molecule is Cc1cnc(NC2COCC(Nc3ccc4c(=O)[nH][nH]c4c3)C2)s1. The normalized spacial score (nSPS) is 21.0. The molecule has 7 nitrogen and oxygen atoms in total. The maximum absolute atomic E-state index is 11.6. The van der Waals surface area contributed by atoms with Crippen LogP contribution in [0.4, 0.5) is 10.8 Å². The monoisotopic (exact) mass is 345 g/mol. The number of rotatable bonds is 4. The van der Waals surface area contributed by atoms with Crippen LogP contribution in [0.3, 0.4) is 0 Å². The number of thiazole rings is 1. The molecule has 4 rings (SSSR count). The highest BCUT2D eigenvalue weighted by molar-refractivity contribution is 7.15. The molecule has 0 spiro atoms. The molecule has 0 saturated carbocycles. The lowest BCUT2D eigenvalue weighted by Crippen LogP contribution is -2.41. The third-order valence-corrected chi connectivity index (χ3v) is 4.95. The Kier molecular flexibility index (Phi) is 3.99. The summed E-state index contributed by atoms with van der Waals surface area (Å²) in [7, 11) is 0. The summed E-state index contributed by atoms with van der Waals surface area (Å²) in [6, 6.07) is 6.13. The van der Waals surface area contributed by atoms with Crippen molar-refractivity contribution >= 4 is 33.1 Å². The number of benzene rings is 1. The highest BCUT2D eigenvalue weighted by Crippen LogP contribution is 2.22. The number of aromatic amines is 2. The summed E-state index contributed by atoms with van der Waals surface area (Å²) in [5.74, 6) is 0. The molecule has 4 N–H and O–H groups in total. The van der Waals surface area contributed by atoms with Crippen molar-refractivity contribution in [3.05, 3.63) is 39.6 Å². The summed E-state index contributed by atoms with van der Waals surface area (Å²) < 4.78 is 5.73. The van der Waals surface area contributed by atoms with E-state index >= 15 is 0 Å². The van der Waals surface area contributed by atoms with Crippen molar-refractivity contribution in [2.24, 2.45) is 0 Å². The standard InChI is InChI=1S/C16H19N5O2S/c1-9-6-17-16(24-9)19-12-4-11(7-23-8-12)18-10-2-3-13-14(5-10)20-21-15(13)22/h2-3,5-6,11-12,18H,4,7-8H2,1H3,(H,17,19)(H2,20,21,22). The van der Waals surface area contributed by atoms with Crippen LogP contribution >= 0.6 is 11.3 Å². The molecule has 1 aromatic carbocycles. The molecule has 0 amide bonds. The third kappa shape index (κ3) is 3.15. The van der Waals surface area contributed by atoms with E-state index in [1.165, 1.54) is 4.88 Å². The van der Waals surface area contributed by atoms with Crippen LogP contribution in [0, 0.1) is 6.92 Å². The van der Waals surface area contributed by atoms with Crippen LogP contribution in [0.1, 0.15) is 11.3 Å². The molecule has 1 fully saturated rings. The predicted molar refractivity (Wildman–Crippen MR) is 96.0 cm³/mol. The minimum absolute atomic E-state index is 0.0967. The first-order valence-corrected chi connectivity index (χ1v) is 8.73. The van der Waals surface area contributed by atoms with Crippen LogP contribution in [0.25, 0.3) is 10.9 Å². The van der Waals surface area contributed by atoms with Gasteiger partial charge in [-0.1, -0.05) is 0 Å². The quantitative estimate of drug-likeness (QED) is 0.582. The number of nitrogens with one attached hydrogen (secondary N) is 4. The highest BCUT2D eigenvalue weighted by atomic mass is 32.1. The molecular formula is C16H19N5O2S. The van der Waals surface area contributed by atoms with Crippen LogP contribution in [0.5, 0.6) is 0 Å². The second-order valence-corrected chi connectivity index (χ2v) is 7.31. The second kappa shape index (κ2) is 6.29. The summed E-state index contributed by atoms with van der Waals surface area (Å²) >= 11 is 1.65. The van der Waals surface area contributed by atoms with Crippen molar-refractivity contribution < 1.29 is 4.74 Å². The topological polar surface area (TPSA) is 94.8 Å². The lowest BCUT2D eigenvalue weighted by Gasteiger charge is -2.31. The first-order chi connectivity index (χ1) is 11.7. The van der Waals surface area contributed by atoms with Crippen LogP contribution in [0.2, 0.25) is 0 Å². The van der Waals surface area contributed by atoms with Gasteiger partial charge in [0.25, 0.3) is 5.56 Å². The summed E-state index contributed by atoms with van der Waals surface area (Å²) in [4.78, 5) is 17.1. The van der Waals surface area contributed by atoms with Crippen molar-refractivity contribution in [1.82, 2.24) is 15.2 Å². The summed E-state index contributed by atoms with van der Waals surface area (Å²) in [6.45, 7) is 3.39. The molecule has 0 bridgehead atoms. The Balaban J connectivity index is 1.42. The van der Waals surface area contributed by atoms with Crippen LogP contribution in [-0.4, -0.2) is 40.5 Å². The Morgan fingerprint density at radius 1 is 1.25 bits per heavy atom. The Labute approximate surface area is 142 Å². The molecule has 1 saturated heterocycles. The molecule has 2 unspecified atom stereocenters. The van der Waals surface area contributed by atoms with Crippen LogP contribution in [-0.2, 0) is 4.74 Å². The molecule has 2 atom stereocenters. The average Bonchev–Trinajstić information content (AvgIpc) is 3.14. The number of hydrogen-bond acceptors (Lipinski definition) is 6. The van der Waals surface area contributed by atoms with E-state index in [9.17, 15) is 4.79 Å². The van der Waals surface area contributed by atoms with E-state index in [0.717, 1.165) is 22.8 Å². The van der Waals surface area contributed by atoms with Gasteiger partial charge in [0.05, 0.1) is 36.2 Å².